The average molecular weight is 469 g/mol. The molecule has 2 saturated heterocycles. The molecule has 0 spiro atoms. The lowest BCUT2D eigenvalue weighted by molar-refractivity contribution is 0.0254. The fraction of sp³-hybridized carbons (Fsp3) is 0.357. The van der Waals surface area contributed by atoms with Gasteiger partial charge in [-0.2, -0.15) is 10.4 Å². The third-order valence-corrected chi connectivity index (χ3v) is 7.01. The lowest BCUT2D eigenvalue weighted by Gasteiger charge is -2.24. The van der Waals surface area contributed by atoms with Crippen molar-refractivity contribution in [2.45, 2.75) is 37.8 Å². The van der Waals surface area contributed by atoms with Crippen LogP contribution in [0.5, 0.6) is 5.75 Å². The predicted octanol–water partition coefficient (Wildman–Crippen LogP) is 5.48. The van der Waals surface area contributed by atoms with Gasteiger partial charge in [0.05, 0.1) is 31.0 Å². The van der Waals surface area contributed by atoms with Gasteiger partial charge in [0.1, 0.15) is 17.9 Å². The highest BCUT2D eigenvalue weighted by Crippen LogP contribution is 2.35. The number of fused-ring (bicyclic) bond motifs is 1. The van der Waals surface area contributed by atoms with Crippen molar-refractivity contribution >= 4 is 10.9 Å². The van der Waals surface area contributed by atoms with Gasteiger partial charge in [0, 0.05) is 54.4 Å². The Morgan fingerprint density at radius 3 is 2.57 bits per heavy atom. The Kier molecular flexibility index (Phi) is 5.99. The van der Waals surface area contributed by atoms with Gasteiger partial charge in [0.2, 0.25) is 0 Å². The van der Waals surface area contributed by atoms with Crippen LogP contribution in [0.1, 0.15) is 37.3 Å². The molecule has 6 rings (SSSR count). The van der Waals surface area contributed by atoms with E-state index < -0.39 is 0 Å². The first-order valence-corrected chi connectivity index (χ1v) is 12.3. The number of nitrogens with zero attached hydrogens (tertiary/aromatic N) is 3. The summed E-state index contributed by atoms with van der Waals surface area (Å²) in [6, 6.07) is 17.0. The second-order valence-electron chi connectivity index (χ2n) is 9.25. The largest absolute Gasteiger partial charge is 0.489 e. The zero-order valence-electron chi connectivity index (χ0n) is 19.6. The van der Waals surface area contributed by atoms with E-state index >= 15 is 0 Å². The molecule has 2 fully saturated rings. The monoisotopic (exact) mass is 468 g/mol. The van der Waals surface area contributed by atoms with Gasteiger partial charge in [-0.15, -0.1) is 0 Å². The van der Waals surface area contributed by atoms with E-state index in [1.165, 1.54) is 0 Å². The highest BCUT2D eigenvalue weighted by molar-refractivity contribution is 5.98. The maximum absolute atomic E-state index is 9.82. The highest BCUT2D eigenvalue weighted by atomic mass is 16.5. The lowest BCUT2D eigenvalue weighted by Crippen LogP contribution is -2.26. The number of benzene rings is 2. The summed E-state index contributed by atoms with van der Waals surface area (Å²) < 4.78 is 19.1. The van der Waals surface area contributed by atoms with E-state index in [1.54, 1.807) is 0 Å². The number of aromatic nitrogens is 3. The Morgan fingerprint density at radius 2 is 1.77 bits per heavy atom. The van der Waals surface area contributed by atoms with Crippen molar-refractivity contribution in [1.29, 1.82) is 5.26 Å². The van der Waals surface area contributed by atoms with Crippen LogP contribution in [0.3, 0.4) is 0 Å². The number of nitriles is 1. The Bertz CT molecular complexity index is 1370. The molecule has 0 atom stereocenters. The average Bonchev–Trinajstić information content (AvgIpc) is 3.58. The number of rotatable bonds is 5. The van der Waals surface area contributed by atoms with Gasteiger partial charge >= 0.3 is 0 Å². The summed E-state index contributed by atoms with van der Waals surface area (Å²) in [5, 5.41) is 15.6. The second kappa shape index (κ2) is 9.57. The van der Waals surface area contributed by atoms with Crippen molar-refractivity contribution in [2.75, 3.05) is 26.4 Å². The van der Waals surface area contributed by atoms with Crippen molar-refractivity contribution in [3.8, 4) is 34.2 Å². The normalized spacial score (nSPS) is 17.5. The summed E-state index contributed by atoms with van der Waals surface area (Å²) in [6.07, 6.45) is 7.83. The predicted molar refractivity (Wildman–Crippen MR) is 133 cm³/mol. The second-order valence-corrected chi connectivity index (χ2v) is 9.25. The molecule has 178 valence electrons. The molecule has 2 aromatic heterocycles. The minimum Gasteiger partial charge on any atom is -0.489 e. The number of ether oxygens (including phenoxy) is 3. The van der Waals surface area contributed by atoms with Gasteiger partial charge in [0.25, 0.3) is 0 Å². The molecule has 2 aliphatic rings. The van der Waals surface area contributed by atoms with Crippen molar-refractivity contribution in [3.63, 3.8) is 0 Å². The summed E-state index contributed by atoms with van der Waals surface area (Å²) >= 11 is 0. The molecule has 7 nitrogen and oxygen atoms in total. The van der Waals surface area contributed by atoms with E-state index in [1.807, 2.05) is 30.5 Å². The van der Waals surface area contributed by atoms with Gasteiger partial charge in [-0.05, 0) is 48.2 Å². The summed E-state index contributed by atoms with van der Waals surface area (Å²) in [5.74, 6) is 0.644. The fourth-order valence-corrected chi connectivity index (χ4v) is 5.05. The Labute approximate surface area is 204 Å². The number of hydrogen-bond acceptors (Lipinski definition) is 5. The molecule has 2 aromatic carbocycles. The summed E-state index contributed by atoms with van der Waals surface area (Å²) in [7, 11) is 0. The molecule has 0 unspecified atom stereocenters. The molecule has 0 amide bonds. The Hall–Kier alpha value is -3.60. The topological polar surface area (TPSA) is 85.1 Å². The summed E-state index contributed by atoms with van der Waals surface area (Å²) in [5.41, 5.74) is 5.78. The van der Waals surface area contributed by atoms with Crippen LogP contribution in [-0.4, -0.2) is 47.3 Å². The molecule has 0 bridgehead atoms. The zero-order valence-corrected chi connectivity index (χ0v) is 19.6. The van der Waals surface area contributed by atoms with E-state index in [0.717, 1.165) is 72.2 Å². The molecule has 1 N–H and O–H groups in total. The molecule has 0 aliphatic carbocycles. The van der Waals surface area contributed by atoms with E-state index in [2.05, 4.69) is 45.2 Å². The molecule has 4 heterocycles. The van der Waals surface area contributed by atoms with Gasteiger partial charge < -0.3 is 19.2 Å². The molecule has 0 saturated carbocycles. The maximum atomic E-state index is 9.82. The van der Waals surface area contributed by atoms with E-state index in [9.17, 15) is 5.26 Å². The van der Waals surface area contributed by atoms with Crippen molar-refractivity contribution < 1.29 is 14.2 Å². The molecule has 2 aliphatic heterocycles. The SMILES string of the molecule is N#Cc1cc(-c2cccc3[nH]c(-c4cnn(C5CCOCC5)c4)cc23)ccc1OC1CCOCC1. The zero-order chi connectivity index (χ0) is 23.6. The number of aromatic amines is 1. The minimum atomic E-state index is 0.0967. The molecular formula is C28H28N4O3. The van der Waals surface area contributed by atoms with Gasteiger partial charge in [-0.25, -0.2) is 0 Å². The molecule has 0 radical (unpaired) electrons. The standard InChI is InChI=1S/C28H28N4O3/c29-16-20-14-19(4-5-28(20)35-23-8-12-34-13-9-23)24-2-1-3-26-25(24)15-27(31-26)21-17-30-32(18-21)22-6-10-33-11-7-22/h1-5,14-15,17-18,22-23,31H,6-13H2. The smallest absolute Gasteiger partial charge is 0.137 e. The van der Waals surface area contributed by atoms with Crippen LogP contribution in [0.25, 0.3) is 33.3 Å². The summed E-state index contributed by atoms with van der Waals surface area (Å²) in [6.45, 7) is 2.99. The number of H-pyrrole nitrogens is 1. The van der Waals surface area contributed by atoms with Gasteiger partial charge in [0.15, 0.2) is 0 Å². The molecule has 7 heteroatoms. The first-order chi connectivity index (χ1) is 17.3. The minimum absolute atomic E-state index is 0.0967. The van der Waals surface area contributed by atoms with E-state index in [4.69, 9.17) is 14.2 Å². The highest BCUT2D eigenvalue weighted by Gasteiger charge is 2.19. The van der Waals surface area contributed by atoms with Crippen LogP contribution in [0, 0.1) is 11.3 Å². The van der Waals surface area contributed by atoms with E-state index in [0.29, 0.717) is 30.6 Å². The van der Waals surface area contributed by atoms with Crippen LogP contribution in [-0.2, 0) is 9.47 Å². The molecule has 4 aromatic rings. The van der Waals surface area contributed by atoms with Gasteiger partial charge in [-0.1, -0.05) is 18.2 Å². The van der Waals surface area contributed by atoms with Crippen molar-refractivity contribution in [3.05, 3.63) is 60.4 Å². The number of hydrogen-bond donors (Lipinski definition) is 1. The van der Waals surface area contributed by atoms with Gasteiger partial charge in [-0.3, -0.25) is 4.68 Å². The quantitative estimate of drug-likeness (QED) is 0.419. The van der Waals surface area contributed by atoms with Crippen LogP contribution in [0.2, 0.25) is 0 Å². The number of nitrogens with one attached hydrogen (secondary N) is 1. The lowest BCUT2D eigenvalue weighted by atomic mass is 9.99. The third-order valence-electron chi connectivity index (χ3n) is 7.01. The van der Waals surface area contributed by atoms with Crippen molar-refractivity contribution in [2.24, 2.45) is 0 Å². The first kappa shape index (κ1) is 21.9. The third kappa shape index (κ3) is 4.43. The van der Waals surface area contributed by atoms with Crippen LogP contribution in [0.4, 0.5) is 0 Å². The molecule has 35 heavy (non-hydrogen) atoms. The van der Waals surface area contributed by atoms with Crippen LogP contribution < -0.4 is 4.74 Å². The first-order valence-electron chi connectivity index (χ1n) is 12.3. The van der Waals surface area contributed by atoms with Crippen LogP contribution in [0.15, 0.2) is 54.9 Å². The maximum Gasteiger partial charge on any atom is 0.137 e. The van der Waals surface area contributed by atoms with Crippen molar-refractivity contribution in [1.82, 2.24) is 14.8 Å². The Morgan fingerprint density at radius 1 is 0.971 bits per heavy atom. The van der Waals surface area contributed by atoms with E-state index in [-0.39, 0.29) is 6.10 Å². The summed E-state index contributed by atoms with van der Waals surface area (Å²) in [4.78, 5) is 3.55. The fourth-order valence-electron chi connectivity index (χ4n) is 5.05. The molecular weight excluding hydrogens is 440 g/mol. The Balaban J connectivity index is 1.30. The van der Waals surface area contributed by atoms with Crippen LogP contribution >= 0.6 is 0 Å².